The summed E-state index contributed by atoms with van der Waals surface area (Å²) in [6.07, 6.45) is 3.90. The van der Waals surface area contributed by atoms with Gasteiger partial charge in [0.05, 0.1) is 5.54 Å². The van der Waals surface area contributed by atoms with E-state index in [0.717, 1.165) is 5.56 Å². The Hall–Kier alpha value is -3.42. The number of hydrogen-bond donors (Lipinski definition) is 1. The van der Waals surface area contributed by atoms with Gasteiger partial charge in [0, 0.05) is 49.6 Å². The first-order valence-corrected chi connectivity index (χ1v) is 9.12. The van der Waals surface area contributed by atoms with Crippen molar-refractivity contribution < 1.29 is 13.6 Å². The Balaban J connectivity index is 1.65. The smallest absolute Gasteiger partial charge is 0.248 e. The third kappa shape index (κ3) is 3.30. The number of rotatable bonds is 5. The van der Waals surface area contributed by atoms with E-state index in [2.05, 4.69) is 15.0 Å². The van der Waals surface area contributed by atoms with Gasteiger partial charge in [-0.1, -0.05) is 12.1 Å². The first kappa shape index (κ1) is 18.9. The molecule has 0 saturated heterocycles. The molecule has 2 N–H and O–H groups in total. The molecule has 148 valence electrons. The van der Waals surface area contributed by atoms with Crippen molar-refractivity contribution in [2.75, 3.05) is 11.9 Å². The molecule has 0 radical (unpaired) electrons. The second kappa shape index (κ2) is 7.20. The Bertz CT molecular complexity index is 1050. The number of aromatic nitrogens is 3. The fraction of sp³-hybridized carbons (Fsp3) is 0.238. The lowest BCUT2D eigenvalue weighted by atomic mass is 9.71. The van der Waals surface area contributed by atoms with Crippen LogP contribution in [0.5, 0.6) is 0 Å². The molecule has 3 aromatic rings. The molecule has 0 atom stereocenters. The molecular weight excluding hydrogens is 376 g/mol. The van der Waals surface area contributed by atoms with Crippen molar-refractivity contribution in [2.45, 2.75) is 24.6 Å². The highest BCUT2D eigenvalue weighted by Crippen LogP contribution is 2.48. The van der Waals surface area contributed by atoms with E-state index in [-0.39, 0.29) is 18.5 Å². The lowest BCUT2D eigenvalue weighted by Gasteiger charge is -2.49. The Morgan fingerprint density at radius 3 is 2.48 bits per heavy atom. The number of primary amides is 1. The Labute approximate surface area is 166 Å². The molecule has 1 fully saturated rings. The summed E-state index contributed by atoms with van der Waals surface area (Å²) < 4.78 is 28.2. The van der Waals surface area contributed by atoms with Crippen molar-refractivity contribution in [3.63, 3.8) is 0 Å². The van der Waals surface area contributed by atoms with Gasteiger partial charge in [-0.15, -0.1) is 0 Å². The first-order valence-electron chi connectivity index (χ1n) is 9.12. The average Bonchev–Trinajstić information content (AvgIpc) is 2.71. The van der Waals surface area contributed by atoms with Crippen molar-refractivity contribution in [3.8, 4) is 11.1 Å². The zero-order valence-corrected chi connectivity index (χ0v) is 15.7. The summed E-state index contributed by atoms with van der Waals surface area (Å²) in [5.74, 6) is -0.669. The van der Waals surface area contributed by atoms with Gasteiger partial charge in [0.1, 0.15) is 17.7 Å². The Kier molecular flexibility index (Phi) is 4.70. The summed E-state index contributed by atoms with van der Waals surface area (Å²) in [7, 11) is 1.71. The van der Waals surface area contributed by atoms with Crippen molar-refractivity contribution in [2.24, 2.45) is 5.73 Å². The molecule has 0 aliphatic heterocycles. The Morgan fingerprint density at radius 2 is 1.86 bits per heavy atom. The summed E-state index contributed by atoms with van der Waals surface area (Å²) >= 11 is 0. The number of alkyl halides is 1. The van der Waals surface area contributed by atoms with Crippen molar-refractivity contribution in [3.05, 3.63) is 72.1 Å². The van der Waals surface area contributed by atoms with E-state index in [1.165, 1.54) is 18.3 Å². The van der Waals surface area contributed by atoms with E-state index in [4.69, 9.17) is 5.73 Å². The van der Waals surface area contributed by atoms with Gasteiger partial charge in [0.2, 0.25) is 11.9 Å². The molecule has 29 heavy (non-hydrogen) atoms. The summed E-state index contributed by atoms with van der Waals surface area (Å²) in [6.45, 7) is 0. The van der Waals surface area contributed by atoms with Crippen LogP contribution in [-0.2, 0) is 5.54 Å². The highest BCUT2D eigenvalue weighted by Gasteiger charge is 2.52. The van der Waals surface area contributed by atoms with Crippen LogP contribution in [0.1, 0.15) is 28.9 Å². The van der Waals surface area contributed by atoms with E-state index in [9.17, 15) is 13.6 Å². The van der Waals surface area contributed by atoms with E-state index in [0.29, 0.717) is 17.1 Å². The minimum Gasteiger partial charge on any atom is -0.366 e. The molecule has 6 nitrogen and oxygen atoms in total. The number of amides is 1. The standard InChI is InChI=1S/C21H19F2N5O/c1-28(21(9-16(22)10-21)18-17(23)6-3-7-25-18)20-26-11-15(12-27-20)13-4-2-5-14(8-13)19(24)29/h2-8,11-12,16H,9-10H2,1H3,(H2,24,29). The monoisotopic (exact) mass is 395 g/mol. The van der Waals surface area contributed by atoms with Crippen LogP contribution < -0.4 is 10.6 Å². The number of nitrogens with zero attached hydrogens (tertiary/aromatic N) is 4. The second-order valence-corrected chi connectivity index (χ2v) is 7.15. The van der Waals surface area contributed by atoms with E-state index >= 15 is 0 Å². The number of anilines is 1. The summed E-state index contributed by atoms with van der Waals surface area (Å²) in [4.78, 5) is 26.0. The summed E-state index contributed by atoms with van der Waals surface area (Å²) in [6, 6.07) is 9.66. The van der Waals surface area contributed by atoms with Crippen LogP contribution in [0.2, 0.25) is 0 Å². The molecule has 0 spiro atoms. The number of nitrogens with two attached hydrogens (primary N) is 1. The maximum Gasteiger partial charge on any atom is 0.248 e. The minimum atomic E-state index is -1.03. The van der Waals surface area contributed by atoms with Gasteiger partial charge in [0.15, 0.2) is 0 Å². The number of halogens is 2. The van der Waals surface area contributed by atoms with Crippen LogP contribution >= 0.6 is 0 Å². The van der Waals surface area contributed by atoms with Gasteiger partial charge in [-0.05, 0) is 29.8 Å². The summed E-state index contributed by atoms with van der Waals surface area (Å²) in [5, 5.41) is 0. The lowest BCUT2D eigenvalue weighted by molar-refractivity contribution is 0.0860. The van der Waals surface area contributed by atoms with Gasteiger partial charge in [0.25, 0.3) is 0 Å². The molecule has 1 aliphatic carbocycles. The zero-order valence-electron chi connectivity index (χ0n) is 15.7. The second-order valence-electron chi connectivity index (χ2n) is 7.15. The molecule has 2 aromatic heterocycles. The number of benzene rings is 1. The molecule has 1 aliphatic rings. The molecular formula is C21H19F2N5O. The van der Waals surface area contributed by atoms with Gasteiger partial charge in [-0.2, -0.15) is 0 Å². The van der Waals surface area contributed by atoms with Crippen molar-refractivity contribution >= 4 is 11.9 Å². The zero-order chi connectivity index (χ0) is 20.6. The fourth-order valence-corrected chi connectivity index (χ4v) is 3.71. The largest absolute Gasteiger partial charge is 0.366 e. The maximum absolute atomic E-state index is 14.4. The lowest BCUT2D eigenvalue weighted by Crippen LogP contribution is -2.56. The number of hydrogen-bond acceptors (Lipinski definition) is 5. The van der Waals surface area contributed by atoms with Gasteiger partial charge < -0.3 is 10.6 Å². The Morgan fingerprint density at radius 1 is 1.14 bits per heavy atom. The molecule has 0 bridgehead atoms. The first-order chi connectivity index (χ1) is 13.9. The van der Waals surface area contributed by atoms with Crippen molar-refractivity contribution in [1.82, 2.24) is 15.0 Å². The van der Waals surface area contributed by atoms with E-state index in [1.54, 1.807) is 42.5 Å². The van der Waals surface area contributed by atoms with Crippen LogP contribution in [0.3, 0.4) is 0 Å². The van der Waals surface area contributed by atoms with Crippen LogP contribution in [0, 0.1) is 5.82 Å². The predicted molar refractivity (Wildman–Crippen MR) is 104 cm³/mol. The molecule has 4 rings (SSSR count). The van der Waals surface area contributed by atoms with Crippen LogP contribution in [0.4, 0.5) is 14.7 Å². The SMILES string of the molecule is CN(c1ncc(-c2cccc(C(N)=O)c2)cn1)C1(c2ncccc2F)CC(F)C1. The van der Waals surface area contributed by atoms with E-state index < -0.39 is 23.4 Å². The predicted octanol–water partition coefficient (Wildman–Crippen LogP) is 3.24. The minimum absolute atomic E-state index is 0.114. The molecule has 1 amide bonds. The average molecular weight is 395 g/mol. The van der Waals surface area contributed by atoms with Crippen LogP contribution in [0.25, 0.3) is 11.1 Å². The molecule has 2 heterocycles. The molecule has 1 aromatic carbocycles. The fourth-order valence-electron chi connectivity index (χ4n) is 3.71. The van der Waals surface area contributed by atoms with Gasteiger partial charge in [-0.3, -0.25) is 9.78 Å². The molecule has 8 heteroatoms. The van der Waals surface area contributed by atoms with Crippen LogP contribution in [0.15, 0.2) is 55.0 Å². The highest BCUT2D eigenvalue weighted by molar-refractivity contribution is 5.94. The van der Waals surface area contributed by atoms with Crippen molar-refractivity contribution in [1.29, 1.82) is 0 Å². The third-order valence-electron chi connectivity index (χ3n) is 5.38. The van der Waals surface area contributed by atoms with Crippen LogP contribution in [-0.4, -0.2) is 34.1 Å². The number of carbonyl (C=O) groups is 1. The molecule has 0 unspecified atom stereocenters. The highest BCUT2D eigenvalue weighted by atomic mass is 19.1. The van der Waals surface area contributed by atoms with Gasteiger partial charge in [-0.25, -0.2) is 18.7 Å². The summed E-state index contributed by atoms with van der Waals surface area (Å²) in [5.41, 5.74) is 6.41. The molecule has 1 saturated carbocycles. The quantitative estimate of drug-likeness (QED) is 0.717. The topological polar surface area (TPSA) is 85.0 Å². The number of pyridine rings is 1. The van der Waals surface area contributed by atoms with Gasteiger partial charge >= 0.3 is 0 Å². The van der Waals surface area contributed by atoms with E-state index in [1.807, 2.05) is 6.07 Å². The maximum atomic E-state index is 14.4. The normalized spacial score (nSPS) is 20.7. The third-order valence-corrected chi connectivity index (χ3v) is 5.38. The number of carbonyl (C=O) groups excluding carboxylic acids is 1.